The monoisotopic (exact) mass is 370 g/mol. The molecule has 0 saturated carbocycles. The topological polar surface area (TPSA) is 54.3 Å². The smallest absolute Gasteiger partial charge is 0.224 e. The summed E-state index contributed by atoms with van der Waals surface area (Å²) in [7, 11) is 0. The van der Waals surface area contributed by atoms with Crippen molar-refractivity contribution in [2.45, 2.75) is 39.9 Å². The van der Waals surface area contributed by atoms with E-state index in [1.807, 2.05) is 13.0 Å². The maximum absolute atomic E-state index is 12.3. The molecule has 0 bridgehead atoms. The van der Waals surface area contributed by atoms with E-state index in [2.05, 4.69) is 41.8 Å². The average Bonchev–Trinajstić information content (AvgIpc) is 3.23. The molecule has 26 heavy (non-hydrogen) atoms. The third-order valence-electron chi connectivity index (χ3n) is 5.08. The van der Waals surface area contributed by atoms with Gasteiger partial charge in [-0.05, 0) is 41.7 Å². The summed E-state index contributed by atoms with van der Waals surface area (Å²) in [4.78, 5) is 12.3. The van der Waals surface area contributed by atoms with Gasteiger partial charge in [0.1, 0.15) is 5.58 Å². The van der Waals surface area contributed by atoms with Crippen LogP contribution in [-0.4, -0.2) is 5.91 Å². The molecule has 1 aromatic heterocycles. The number of amides is 1. The molecule has 2 heterocycles. The molecule has 1 aliphatic rings. The van der Waals surface area contributed by atoms with E-state index in [4.69, 9.17) is 4.42 Å². The summed E-state index contributed by atoms with van der Waals surface area (Å²) in [5.41, 5.74) is 7.98. The first-order chi connectivity index (χ1) is 12.1. The van der Waals surface area contributed by atoms with Crippen molar-refractivity contribution < 1.29 is 9.21 Å². The van der Waals surface area contributed by atoms with E-state index in [0.29, 0.717) is 13.0 Å². The Morgan fingerprint density at radius 1 is 1.15 bits per heavy atom. The minimum atomic E-state index is 0. The summed E-state index contributed by atoms with van der Waals surface area (Å²) in [6.45, 7) is 6.52. The summed E-state index contributed by atoms with van der Waals surface area (Å²) < 4.78 is 5.69. The molecule has 5 heteroatoms. The van der Waals surface area contributed by atoms with Crippen molar-refractivity contribution in [1.82, 2.24) is 10.6 Å². The fourth-order valence-electron chi connectivity index (χ4n) is 3.42. The van der Waals surface area contributed by atoms with Crippen molar-refractivity contribution in [2.75, 3.05) is 0 Å². The first kappa shape index (κ1) is 18.5. The average molecular weight is 371 g/mol. The molecule has 0 saturated heterocycles. The molecular formula is C21H23ClN2O2. The molecule has 1 aliphatic heterocycles. The van der Waals surface area contributed by atoms with Gasteiger partial charge < -0.3 is 15.1 Å². The van der Waals surface area contributed by atoms with Crippen molar-refractivity contribution in [1.29, 1.82) is 0 Å². The van der Waals surface area contributed by atoms with E-state index in [9.17, 15) is 4.79 Å². The fourth-order valence-corrected chi connectivity index (χ4v) is 3.42. The third-order valence-corrected chi connectivity index (χ3v) is 5.08. The fraction of sp³-hybridized carbons (Fsp3) is 0.286. The lowest BCUT2D eigenvalue weighted by molar-refractivity contribution is -0.120. The Kier molecular flexibility index (Phi) is 5.35. The van der Waals surface area contributed by atoms with Crippen LogP contribution < -0.4 is 10.6 Å². The van der Waals surface area contributed by atoms with Gasteiger partial charge in [0.15, 0.2) is 0 Å². The molecule has 0 spiro atoms. The number of hydrogen-bond acceptors (Lipinski definition) is 3. The van der Waals surface area contributed by atoms with Crippen LogP contribution in [0.4, 0.5) is 0 Å². The lowest BCUT2D eigenvalue weighted by Gasteiger charge is -2.07. The van der Waals surface area contributed by atoms with Gasteiger partial charge in [-0.2, -0.15) is 0 Å². The van der Waals surface area contributed by atoms with Gasteiger partial charge in [-0.25, -0.2) is 0 Å². The number of nitrogens with one attached hydrogen (secondary N) is 2. The van der Waals surface area contributed by atoms with Crippen LogP contribution in [0.2, 0.25) is 0 Å². The van der Waals surface area contributed by atoms with E-state index in [1.165, 1.54) is 16.7 Å². The molecule has 0 radical (unpaired) electrons. The first-order valence-electron chi connectivity index (χ1n) is 8.66. The van der Waals surface area contributed by atoms with Crippen LogP contribution in [0.1, 0.15) is 33.4 Å². The van der Waals surface area contributed by atoms with E-state index < -0.39 is 0 Å². The number of halogens is 1. The number of carbonyl (C=O) groups is 1. The maximum Gasteiger partial charge on any atom is 0.224 e. The zero-order valence-electron chi connectivity index (χ0n) is 15.0. The Hall–Kier alpha value is -2.30. The Morgan fingerprint density at radius 3 is 2.81 bits per heavy atom. The summed E-state index contributed by atoms with van der Waals surface area (Å²) >= 11 is 0. The Labute approximate surface area is 159 Å². The van der Waals surface area contributed by atoms with Crippen LogP contribution in [0, 0.1) is 13.8 Å². The second-order valence-corrected chi connectivity index (χ2v) is 6.81. The van der Waals surface area contributed by atoms with Gasteiger partial charge in [-0.15, -0.1) is 12.4 Å². The normalized spacial score (nSPS) is 12.7. The number of fused-ring (bicyclic) bond motifs is 2. The minimum absolute atomic E-state index is 0. The molecule has 1 amide bonds. The van der Waals surface area contributed by atoms with Gasteiger partial charge in [-0.1, -0.05) is 30.3 Å². The molecule has 0 aliphatic carbocycles. The van der Waals surface area contributed by atoms with E-state index in [-0.39, 0.29) is 18.3 Å². The summed E-state index contributed by atoms with van der Waals surface area (Å²) in [6, 6.07) is 10.5. The number of hydrogen-bond donors (Lipinski definition) is 2. The van der Waals surface area contributed by atoms with Gasteiger partial charge in [-0.3, -0.25) is 4.79 Å². The van der Waals surface area contributed by atoms with Gasteiger partial charge in [0, 0.05) is 30.6 Å². The van der Waals surface area contributed by atoms with Crippen LogP contribution in [0.3, 0.4) is 0 Å². The Balaban J connectivity index is 0.00000196. The summed E-state index contributed by atoms with van der Waals surface area (Å²) in [6.07, 6.45) is 2.04. The van der Waals surface area contributed by atoms with Crippen molar-refractivity contribution in [3.63, 3.8) is 0 Å². The highest BCUT2D eigenvalue weighted by Crippen LogP contribution is 2.26. The quantitative estimate of drug-likeness (QED) is 0.731. The lowest BCUT2D eigenvalue weighted by Crippen LogP contribution is -2.24. The number of aryl methyl sites for hydroxylation is 2. The molecule has 136 valence electrons. The van der Waals surface area contributed by atoms with Gasteiger partial charge >= 0.3 is 0 Å². The highest BCUT2D eigenvalue weighted by Gasteiger charge is 2.14. The predicted octanol–water partition coefficient (Wildman–Crippen LogP) is 3.93. The standard InChI is InChI=1S/C21H22N2O2.ClH/c1-13-3-6-19-18(12-25-21(19)14(13)2)8-20(24)23-9-15-4-5-16-10-22-11-17(16)7-15;/h3-7,12,22H,8-11H2,1-2H3,(H,23,24);1H. The van der Waals surface area contributed by atoms with Crippen molar-refractivity contribution in [3.05, 3.63) is 70.0 Å². The van der Waals surface area contributed by atoms with Gasteiger partial charge in [0.2, 0.25) is 5.91 Å². The van der Waals surface area contributed by atoms with Crippen LogP contribution in [-0.2, 0) is 30.8 Å². The molecule has 0 fully saturated rings. The number of benzene rings is 2. The zero-order valence-corrected chi connectivity index (χ0v) is 15.8. The minimum Gasteiger partial charge on any atom is -0.464 e. The SMILES string of the molecule is Cc1ccc2c(CC(=O)NCc3ccc4c(c3)CNC4)coc2c1C.Cl. The maximum atomic E-state index is 12.3. The number of carbonyl (C=O) groups excluding carboxylic acids is 1. The molecular weight excluding hydrogens is 348 g/mol. The van der Waals surface area contributed by atoms with E-state index in [1.54, 1.807) is 6.26 Å². The molecule has 0 atom stereocenters. The molecule has 2 N–H and O–H groups in total. The number of rotatable bonds is 4. The second-order valence-electron chi connectivity index (χ2n) is 6.81. The largest absolute Gasteiger partial charge is 0.464 e. The lowest BCUT2D eigenvalue weighted by atomic mass is 10.0. The second kappa shape index (κ2) is 7.52. The zero-order chi connectivity index (χ0) is 17.4. The summed E-state index contributed by atoms with van der Waals surface area (Å²) in [5, 5.41) is 7.38. The summed E-state index contributed by atoms with van der Waals surface area (Å²) in [5.74, 6) is 0.0135. The van der Waals surface area contributed by atoms with Crippen LogP contribution in [0.25, 0.3) is 11.0 Å². The van der Waals surface area contributed by atoms with Crippen LogP contribution in [0.5, 0.6) is 0 Å². The van der Waals surface area contributed by atoms with Crippen LogP contribution >= 0.6 is 12.4 Å². The van der Waals surface area contributed by atoms with E-state index in [0.717, 1.165) is 40.7 Å². The number of furan rings is 1. The highest BCUT2D eigenvalue weighted by atomic mass is 35.5. The third kappa shape index (κ3) is 3.48. The Morgan fingerprint density at radius 2 is 1.96 bits per heavy atom. The first-order valence-corrected chi connectivity index (χ1v) is 8.66. The Bertz CT molecular complexity index is 962. The van der Waals surface area contributed by atoms with E-state index >= 15 is 0 Å². The van der Waals surface area contributed by atoms with Crippen LogP contribution in [0.15, 0.2) is 41.0 Å². The van der Waals surface area contributed by atoms with Crippen molar-refractivity contribution >= 4 is 29.3 Å². The molecule has 4 rings (SSSR count). The molecule has 2 aromatic carbocycles. The van der Waals surface area contributed by atoms with Crippen molar-refractivity contribution in [2.24, 2.45) is 0 Å². The van der Waals surface area contributed by atoms with Crippen molar-refractivity contribution in [3.8, 4) is 0 Å². The molecule has 3 aromatic rings. The molecule has 0 unspecified atom stereocenters. The van der Waals surface area contributed by atoms with Gasteiger partial charge in [0.05, 0.1) is 12.7 Å². The highest BCUT2D eigenvalue weighted by molar-refractivity contribution is 5.89. The predicted molar refractivity (Wildman–Crippen MR) is 105 cm³/mol. The molecule has 4 nitrogen and oxygen atoms in total. The van der Waals surface area contributed by atoms with Gasteiger partial charge in [0.25, 0.3) is 0 Å².